The summed E-state index contributed by atoms with van der Waals surface area (Å²) in [5, 5.41) is 6.23. The first-order valence-corrected chi connectivity index (χ1v) is 8.84. The molecule has 11 heteroatoms. The first-order chi connectivity index (χ1) is 12.5. The van der Waals surface area contributed by atoms with E-state index in [1.54, 1.807) is 0 Å². The van der Waals surface area contributed by atoms with Gasteiger partial charge >= 0.3 is 0 Å². The summed E-state index contributed by atoms with van der Waals surface area (Å²) < 4.78 is 22.0. The maximum Gasteiger partial charge on any atom is 0.222 e. The molecule has 0 aliphatic carbocycles. The zero-order chi connectivity index (χ0) is 19.5. The summed E-state index contributed by atoms with van der Waals surface area (Å²) in [6, 6.07) is 0. The zero-order valence-corrected chi connectivity index (χ0v) is 17.4. The van der Waals surface area contributed by atoms with Crippen molar-refractivity contribution in [2.45, 2.75) is 6.42 Å². The van der Waals surface area contributed by atoms with Crippen LogP contribution in [0.3, 0.4) is 0 Å². The number of quaternary nitrogens is 1. The van der Waals surface area contributed by atoms with Gasteiger partial charge in [0.05, 0.1) is 87.1 Å². The van der Waals surface area contributed by atoms with Gasteiger partial charge in [-0.15, -0.1) is 0 Å². The monoisotopic (exact) mass is 411 g/mol. The van der Waals surface area contributed by atoms with Gasteiger partial charge in [-0.3, -0.25) is 4.79 Å². The van der Waals surface area contributed by atoms with E-state index in [9.17, 15) is 4.79 Å². The Morgan fingerprint density at radius 1 is 0.926 bits per heavy atom. The highest BCUT2D eigenvalue weighted by Crippen LogP contribution is 1.89. The van der Waals surface area contributed by atoms with Crippen molar-refractivity contribution in [3.63, 3.8) is 0 Å². The fourth-order valence-electron chi connectivity index (χ4n) is 1.70. The van der Waals surface area contributed by atoms with Gasteiger partial charge in [-0.05, 0) is 5.53 Å². The minimum absolute atomic E-state index is 0. The van der Waals surface area contributed by atoms with E-state index in [0.717, 1.165) is 11.0 Å². The molecule has 160 valence electrons. The Hall–Kier alpha value is -1.13. The molecule has 10 nitrogen and oxygen atoms in total. The fraction of sp³-hybridized carbons (Fsp3) is 0.938. The molecule has 1 amide bonds. The smallest absolute Gasteiger partial charge is 0.222 e. The van der Waals surface area contributed by atoms with Crippen molar-refractivity contribution in [2.75, 3.05) is 93.6 Å². The van der Waals surface area contributed by atoms with E-state index < -0.39 is 0 Å². The van der Waals surface area contributed by atoms with E-state index in [2.05, 4.69) is 36.5 Å². The van der Waals surface area contributed by atoms with Crippen molar-refractivity contribution >= 4 is 5.91 Å². The number of carbonyl (C=O) groups is 1. The molecular formula is C16H34ClN5O5. The topological polar surface area (TPSA) is 115 Å². The predicted molar refractivity (Wildman–Crippen MR) is 97.8 cm³/mol. The van der Waals surface area contributed by atoms with Crippen LogP contribution in [0.25, 0.3) is 10.4 Å². The first kappa shape index (κ1) is 28.1. The van der Waals surface area contributed by atoms with Crippen LogP contribution in [0.5, 0.6) is 0 Å². The van der Waals surface area contributed by atoms with Crippen LogP contribution in [-0.4, -0.2) is 104 Å². The molecule has 0 heterocycles. The Labute approximate surface area is 168 Å². The van der Waals surface area contributed by atoms with Crippen LogP contribution in [-0.2, 0) is 23.7 Å². The first-order valence-electron chi connectivity index (χ1n) is 8.84. The molecule has 0 unspecified atom stereocenters. The number of halogens is 1. The maximum atomic E-state index is 11.6. The molecule has 0 rings (SSSR count). The van der Waals surface area contributed by atoms with Crippen molar-refractivity contribution in [3.8, 4) is 0 Å². The van der Waals surface area contributed by atoms with Crippen molar-refractivity contribution in [1.82, 2.24) is 5.32 Å². The molecule has 0 atom stereocenters. The number of amides is 1. The molecule has 0 aromatic rings. The summed E-state index contributed by atoms with van der Waals surface area (Å²) in [5.74, 6) is 0.00872. The lowest BCUT2D eigenvalue weighted by molar-refractivity contribution is -0.869. The van der Waals surface area contributed by atoms with Crippen LogP contribution < -0.4 is 17.7 Å². The van der Waals surface area contributed by atoms with Crippen LogP contribution in [0.4, 0.5) is 0 Å². The largest absolute Gasteiger partial charge is 1.00 e. The Balaban J connectivity index is 0. The number of nitrogens with zero attached hydrogens (tertiary/aromatic N) is 4. The van der Waals surface area contributed by atoms with Gasteiger partial charge in [0.1, 0.15) is 0 Å². The quantitative estimate of drug-likeness (QED) is 0.0886. The second-order valence-electron chi connectivity index (χ2n) is 6.52. The van der Waals surface area contributed by atoms with Crippen LogP contribution in [0.1, 0.15) is 6.42 Å². The average Bonchev–Trinajstić information content (AvgIpc) is 2.57. The number of likely N-dealkylation sites (N-methyl/N-ethyl adjacent to an activating group) is 1. The molecule has 0 radical (unpaired) electrons. The van der Waals surface area contributed by atoms with E-state index in [-0.39, 0.29) is 18.3 Å². The number of carbonyl (C=O) groups excluding carboxylic acids is 1. The summed E-state index contributed by atoms with van der Waals surface area (Å²) in [6.45, 7) is 5.50. The van der Waals surface area contributed by atoms with Crippen LogP contribution >= 0.6 is 0 Å². The highest BCUT2D eigenvalue weighted by Gasteiger charge is 2.07. The van der Waals surface area contributed by atoms with Gasteiger partial charge in [0.2, 0.25) is 5.91 Å². The van der Waals surface area contributed by atoms with Gasteiger partial charge in [-0.25, -0.2) is 0 Å². The zero-order valence-electron chi connectivity index (χ0n) is 16.7. The van der Waals surface area contributed by atoms with E-state index >= 15 is 0 Å². The van der Waals surface area contributed by atoms with Crippen molar-refractivity contribution < 1.29 is 40.6 Å². The van der Waals surface area contributed by atoms with Crippen molar-refractivity contribution in [1.29, 1.82) is 0 Å². The normalized spacial score (nSPS) is 10.8. The maximum absolute atomic E-state index is 11.6. The Morgan fingerprint density at radius 2 is 1.41 bits per heavy atom. The lowest BCUT2D eigenvalue weighted by Crippen LogP contribution is -3.00. The van der Waals surface area contributed by atoms with Crippen molar-refractivity contribution in [2.24, 2.45) is 5.11 Å². The van der Waals surface area contributed by atoms with E-state index in [4.69, 9.17) is 24.5 Å². The summed E-state index contributed by atoms with van der Waals surface area (Å²) in [6.07, 6.45) is 0.361. The molecule has 0 saturated carbocycles. The second-order valence-corrected chi connectivity index (χ2v) is 6.52. The molecule has 0 bridgehead atoms. The summed E-state index contributed by atoms with van der Waals surface area (Å²) >= 11 is 0. The van der Waals surface area contributed by atoms with Crippen LogP contribution in [0, 0.1) is 0 Å². The van der Waals surface area contributed by atoms with E-state index in [1.807, 2.05) is 0 Å². The minimum atomic E-state index is 0. The molecule has 0 spiro atoms. The van der Waals surface area contributed by atoms with E-state index in [0.29, 0.717) is 72.4 Å². The number of ether oxygens (including phenoxy) is 4. The highest BCUT2D eigenvalue weighted by atomic mass is 35.5. The number of nitrogens with one attached hydrogen (secondary N) is 1. The van der Waals surface area contributed by atoms with Crippen LogP contribution in [0.2, 0.25) is 0 Å². The summed E-state index contributed by atoms with van der Waals surface area (Å²) in [5.41, 5.74) is 8.07. The van der Waals surface area contributed by atoms with Gasteiger partial charge in [-0.1, -0.05) is 5.11 Å². The molecule has 0 aliphatic rings. The Kier molecular flexibility index (Phi) is 20.4. The summed E-state index contributed by atoms with van der Waals surface area (Å²) in [7, 11) is 6.26. The third-order valence-electron chi connectivity index (χ3n) is 3.09. The van der Waals surface area contributed by atoms with Crippen molar-refractivity contribution in [3.05, 3.63) is 10.4 Å². The van der Waals surface area contributed by atoms with Gasteiger partial charge in [-0.2, -0.15) is 0 Å². The van der Waals surface area contributed by atoms with Gasteiger partial charge in [0.15, 0.2) is 0 Å². The molecule has 0 saturated heterocycles. The summed E-state index contributed by atoms with van der Waals surface area (Å²) in [4.78, 5) is 14.2. The SMILES string of the molecule is C[N+](C)(C)CCNC(=O)CCOCCOCCOCCOCCN=[N+]=[N-].[Cl-]. The molecule has 0 aromatic heterocycles. The molecule has 0 aromatic carbocycles. The predicted octanol–water partition coefficient (Wildman–Crippen LogP) is -2.42. The van der Waals surface area contributed by atoms with Gasteiger partial charge < -0.3 is 41.2 Å². The molecular weight excluding hydrogens is 378 g/mol. The number of azide groups is 1. The third kappa shape index (κ3) is 24.9. The fourth-order valence-corrected chi connectivity index (χ4v) is 1.70. The van der Waals surface area contributed by atoms with Crippen LogP contribution in [0.15, 0.2) is 5.11 Å². The highest BCUT2D eigenvalue weighted by molar-refractivity contribution is 5.75. The number of hydrogen-bond acceptors (Lipinski definition) is 6. The number of hydrogen-bond donors (Lipinski definition) is 1. The Bertz CT molecular complexity index is 403. The molecule has 0 aliphatic heterocycles. The van der Waals surface area contributed by atoms with Gasteiger partial charge in [0, 0.05) is 17.9 Å². The lowest BCUT2D eigenvalue weighted by Gasteiger charge is -2.23. The average molecular weight is 412 g/mol. The molecule has 0 fully saturated rings. The minimum Gasteiger partial charge on any atom is -1.00 e. The standard InChI is InChI=1S/C16H33N5O5.ClH/c1-21(2,3)7-5-18-16(22)4-8-23-10-12-25-14-15-26-13-11-24-9-6-19-20-17;/h4-15H2,1-3H3;1H. The third-order valence-corrected chi connectivity index (χ3v) is 3.09. The molecule has 1 N–H and O–H groups in total. The second kappa shape index (κ2) is 19.6. The molecule has 27 heavy (non-hydrogen) atoms. The number of rotatable bonds is 18. The van der Waals surface area contributed by atoms with E-state index in [1.165, 1.54) is 0 Å². The lowest BCUT2D eigenvalue weighted by atomic mass is 10.4. The van der Waals surface area contributed by atoms with Gasteiger partial charge in [0.25, 0.3) is 0 Å². The Morgan fingerprint density at radius 3 is 1.89 bits per heavy atom.